The molecule has 2 heteroatoms. The van der Waals surface area contributed by atoms with Crippen LogP contribution in [0.1, 0.15) is 73.6 Å². The van der Waals surface area contributed by atoms with Gasteiger partial charge in [0.15, 0.2) is 0 Å². The predicted molar refractivity (Wildman–Crippen MR) is 107 cm³/mol. The van der Waals surface area contributed by atoms with Gasteiger partial charge in [0.2, 0.25) is 0 Å². The molecule has 0 nitrogen and oxygen atoms in total. The maximum atomic E-state index is 2.45. The molecule has 0 saturated carbocycles. The number of rotatable bonds is 14. The molecule has 0 spiro atoms. The highest BCUT2D eigenvalue weighted by Crippen LogP contribution is 2.29. The predicted octanol–water partition coefficient (Wildman–Crippen LogP) is 7.95. The smallest absolute Gasteiger partial charge is 0.0527 e. The lowest BCUT2D eigenvalue weighted by atomic mass is 10.2. The van der Waals surface area contributed by atoms with Gasteiger partial charge in [0.25, 0.3) is 0 Å². The Morgan fingerprint density at radius 2 is 0.619 bits per heavy atom. The second-order valence-electron chi connectivity index (χ2n) is 7.39. The maximum Gasteiger partial charge on any atom is 0.0527 e. The molecule has 0 heterocycles. The molecule has 0 aromatic heterocycles. The van der Waals surface area contributed by atoms with Crippen molar-refractivity contribution in [2.24, 2.45) is 0 Å². The van der Waals surface area contributed by atoms with Crippen molar-refractivity contribution < 1.29 is 0 Å². The molecule has 0 radical (unpaired) electrons. The summed E-state index contributed by atoms with van der Waals surface area (Å²) in [6, 6.07) is 12.3. The first-order valence-corrected chi connectivity index (χ1v) is 15.7. The minimum Gasteiger partial charge on any atom is -0.0678 e. The average molecular weight is 329 g/mol. The summed E-state index contributed by atoms with van der Waals surface area (Å²) in [6.45, 7) is 14.7. The summed E-state index contributed by atoms with van der Waals surface area (Å²) in [7, 11) is -1.65. The van der Waals surface area contributed by atoms with Gasteiger partial charge < -0.3 is 0 Å². The summed E-state index contributed by atoms with van der Waals surface area (Å²) in [6.07, 6.45) is 7.57. The molecule has 0 aliphatic rings. The lowest BCUT2D eigenvalue weighted by molar-refractivity contribution is 0.646. The maximum absolute atomic E-state index is 2.45. The molecular weight excluding hydrogens is 284 g/mol. The molecular formula is C19H44Si2. The standard InChI is InChI=1S/C19H44Si2/c1-7-20(8-2,9-3)18-16-14-13-15-17-19-21(10-4,11-5)12-6/h7-19H2,1-6H3. The van der Waals surface area contributed by atoms with Crippen molar-refractivity contribution in [1.82, 2.24) is 0 Å². The lowest BCUT2D eigenvalue weighted by Crippen LogP contribution is -2.31. The summed E-state index contributed by atoms with van der Waals surface area (Å²) in [5.41, 5.74) is 0. The van der Waals surface area contributed by atoms with Gasteiger partial charge in [-0.15, -0.1) is 0 Å². The van der Waals surface area contributed by atoms with Crippen LogP contribution in [0.4, 0.5) is 0 Å². The fourth-order valence-corrected chi connectivity index (χ4v) is 11.2. The van der Waals surface area contributed by atoms with E-state index in [1.165, 1.54) is 68.4 Å². The highest BCUT2D eigenvalue weighted by atomic mass is 28.3. The van der Waals surface area contributed by atoms with Crippen LogP contribution in [0.3, 0.4) is 0 Å². The van der Waals surface area contributed by atoms with Crippen LogP contribution in [0.5, 0.6) is 0 Å². The number of unbranched alkanes of at least 4 members (excludes halogenated alkanes) is 4. The molecule has 0 fully saturated rings. The van der Waals surface area contributed by atoms with Gasteiger partial charge in [-0.25, -0.2) is 0 Å². The molecule has 0 aromatic rings. The minimum atomic E-state index is -0.826. The second kappa shape index (κ2) is 11.9. The van der Waals surface area contributed by atoms with Gasteiger partial charge in [0.05, 0.1) is 16.1 Å². The molecule has 0 saturated heterocycles. The first-order chi connectivity index (χ1) is 10.1. The van der Waals surface area contributed by atoms with Crippen molar-refractivity contribution in [2.45, 2.75) is 122 Å². The second-order valence-corrected chi connectivity index (χ2v) is 18.6. The first-order valence-electron chi connectivity index (χ1n) is 10.1. The highest BCUT2D eigenvalue weighted by molar-refractivity contribution is 6.80. The lowest BCUT2D eigenvalue weighted by Gasteiger charge is -2.28. The van der Waals surface area contributed by atoms with E-state index in [1.54, 1.807) is 12.1 Å². The van der Waals surface area contributed by atoms with E-state index in [1.807, 2.05) is 0 Å². The average Bonchev–Trinajstić information content (AvgIpc) is 2.55. The first kappa shape index (κ1) is 21.4. The largest absolute Gasteiger partial charge is 0.0678 e. The third kappa shape index (κ3) is 7.50. The normalized spacial score (nSPS) is 12.9. The van der Waals surface area contributed by atoms with Crippen molar-refractivity contribution in [3.8, 4) is 0 Å². The number of hydrogen-bond acceptors (Lipinski definition) is 0. The highest BCUT2D eigenvalue weighted by Gasteiger charge is 2.26. The zero-order valence-electron chi connectivity index (χ0n) is 16.2. The van der Waals surface area contributed by atoms with Gasteiger partial charge in [-0.2, -0.15) is 0 Å². The SMILES string of the molecule is CC[Si](CC)(CC)CCCCCCC[Si](CC)(CC)CC. The summed E-state index contributed by atoms with van der Waals surface area (Å²) in [4.78, 5) is 0. The molecule has 0 N–H and O–H groups in total. The summed E-state index contributed by atoms with van der Waals surface area (Å²) in [5.74, 6) is 0. The van der Waals surface area contributed by atoms with Crippen LogP contribution < -0.4 is 0 Å². The van der Waals surface area contributed by atoms with Gasteiger partial charge in [-0.05, 0) is 0 Å². The zero-order valence-corrected chi connectivity index (χ0v) is 18.2. The Labute approximate surface area is 138 Å². The van der Waals surface area contributed by atoms with Gasteiger partial charge >= 0.3 is 0 Å². The van der Waals surface area contributed by atoms with E-state index >= 15 is 0 Å². The third-order valence-corrected chi connectivity index (χ3v) is 18.7. The van der Waals surface area contributed by atoms with Gasteiger partial charge in [0, 0.05) is 0 Å². The van der Waals surface area contributed by atoms with Crippen molar-refractivity contribution >= 4 is 16.1 Å². The summed E-state index contributed by atoms with van der Waals surface area (Å²) < 4.78 is 0. The van der Waals surface area contributed by atoms with Gasteiger partial charge in [-0.3, -0.25) is 0 Å². The van der Waals surface area contributed by atoms with E-state index in [4.69, 9.17) is 0 Å². The molecule has 128 valence electrons. The zero-order chi connectivity index (χ0) is 16.2. The van der Waals surface area contributed by atoms with Crippen LogP contribution >= 0.6 is 0 Å². The molecule has 0 bridgehead atoms. The Morgan fingerprint density at radius 3 is 0.857 bits per heavy atom. The molecule has 0 aliphatic heterocycles. The van der Waals surface area contributed by atoms with Crippen LogP contribution in [0.15, 0.2) is 0 Å². The van der Waals surface area contributed by atoms with Gasteiger partial charge in [-0.1, -0.05) is 122 Å². The minimum absolute atomic E-state index is 0.826. The van der Waals surface area contributed by atoms with Crippen molar-refractivity contribution in [3.63, 3.8) is 0 Å². The van der Waals surface area contributed by atoms with E-state index in [9.17, 15) is 0 Å². The van der Waals surface area contributed by atoms with E-state index < -0.39 is 16.1 Å². The molecule has 0 rings (SSSR count). The topological polar surface area (TPSA) is 0 Å². The van der Waals surface area contributed by atoms with Crippen LogP contribution in [-0.2, 0) is 0 Å². The third-order valence-electron chi connectivity index (χ3n) is 6.91. The molecule has 0 amide bonds. The molecule has 0 aromatic carbocycles. The van der Waals surface area contributed by atoms with Crippen LogP contribution in [-0.4, -0.2) is 16.1 Å². The Balaban J connectivity index is 3.78. The Bertz CT molecular complexity index is 189. The fourth-order valence-electron chi connectivity index (χ4n) is 4.09. The molecule has 0 unspecified atom stereocenters. The van der Waals surface area contributed by atoms with Crippen molar-refractivity contribution in [2.75, 3.05) is 0 Å². The van der Waals surface area contributed by atoms with E-state index in [2.05, 4.69) is 41.5 Å². The Kier molecular flexibility index (Phi) is 12.2. The van der Waals surface area contributed by atoms with E-state index in [0.29, 0.717) is 0 Å². The van der Waals surface area contributed by atoms with Crippen molar-refractivity contribution in [1.29, 1.82) is 0 Å². The summed E-state index contributed by atoms with van der Waals surface area (Å²) >= 11 is 0. The molecule has 0 aliphatic carbocycles. The van der Waals surface area contributed by atoms with Crippen LogP contribution in [0.2, 0.25) is 48.4 Å². The van der Waals surface area contributed by atoms with E-state index in [0.717, 1.165) is 0 Å². The Morgan fingerprint density at radius 1 is 0.381 bits per heavy atom. The quantitative estimate of drug-likeness (QED) is 0.224. The molecule has 21 heavy (non-hydrogen) atoms. The monoisotopic (exact) mass is 328 g/mol. The van der Waals surface area contributed by atoms with Crippen LogP contribution in [0, 0.1) is 0 Å². The Hall–Kier alpha value is 0.434. The van der Waals surface area contributed by atoms with Gasteiger partial charge in [0.1, 0.15) is 0 Å². The number of hydrogen-bond donors (Lipinski definition) is 0. The van der Waals surface area contributed by atoms with E-state index in [-0.39, 0.29) is 0 Å². The van der Waals surface area contributed by atoms with Crippen LogP contribution in [0.25, 0.3) is 0 Å². The summed E-state index contributed by atoms with van der Waals surface area (Å²) in [5, 5.41) is 0. The van der Waals surface area contributed by atoms with Crippen molar-refractivity contribution in [3.05, 3.63) is 0 Å². The molecule has 0 atom stereocenters. The fraction of sp³-hybridized carbons (Fsp3) is 1.00.